The highest BCUT2D eigenvalue weighted by atomic mass is 16.3. The van der Waals surface area contributed by atoms with Crippen molar-refractivity contribution in [2.75, 3.05) is 13.1 Å². The van der Waals surface area contributed by atoms with Crippen LogP contribution in [0.2, 0.25) is 0 Å². The molecule has 102 valence electrons. The highest BCUT2D eigenvalue weighted by Gasteiger charge is 2.42. The van der Waals surface area contributed by atoms with Gasteiger partial charge >= 0.3 is 0 Å². The van der Waals surface area contributed by atoms with E-state index >= 15 is 0 Å². The Balaban J connectivity index is 2.31. The molecule has 1 fully saturated rings. The summed E-state index contributed by atoms with van der Waals surface area (Å²) in [4.78, 5) is 2.60. The molecule has 2 rings (SSSR count). The van der Waals surface area contributed by atoms with Gasteiger partial charge in [-0.25, -0.2) is 0 Å². The lowest BCUT2D eigenvalue weighted by atomic mass is 9.80. The van der Waals surface area contributed by atoms with Gasteiger partial charge in [0.05, 0.1) is 18.6 Å². The first kappa shape index (κ1) is 13.6. The fourth-order valence-electron chi connectivity index (χ4n) is 3.45. The predicted molar refractivity (Wildman–Crippen MR) is 72.9 cm³/mol. The molecular formula is C14H25N3O. The zero-order valence-electron chi connectivity index (χ0n) is 11.5. The minimum absolute atomic E-state index is 0.0924. The lowest BCUT2D eigenvalue weighted by Gasteiger charge is -2.46. The number of likely N-dealkylation sites (tertiary alicyclic amines) is 1. The van der Waals surface area contributed by atoms with E-state index in [9.17, 15) is 0 Å². The average molecular weight is 251 g/mol. The van der Waals surface area contributed by atoms with Crippen LogP contribution in [0.15, 0.2) is 23.0 Å². The molecule has 3 N–H and O–H groups in total. The molecule has 1 aromatic rings. The van der Waals surface area contributed by atoms with Crippen molar-refractivity contribution in [1.29, 1.82) is 0 Å². The molecule has 0 aliphatic carbocycles. The highest BCUT2D eigenvalue weighted by molar-refractivity contribution is 5.19. The summed E-state index contributed by atoms with van der Waals surface area (Å²) in [6, 6.07) is 2.14. The molecule has 4 nitrogen and oxygen atoms in total. The molecular weight excluding hydrogens is 226 g/mol. The van der Waals surface area contributed by atoms with Gasteiger partial charge in [0.1, 0.15) is 0 Å². The number of hydrogen-bond donors (Lipinski definition) is 2. The maximum atomic E-state index is 5.85. The van der Waals surface area contributed by atoms with Crippen LogP contribution >= 0.6 is 0 Å². The van der Waals surface area contributed by atoms with Gasteiger partial charge in [0, 0.05) is 11.1 Å². The monoisotopic (exact) mass is 251 g/mol. The molecule has 2 heterocycles. The second kappa shape index (κ2) is 5.87. The Bertz CT molecular complexity index is 340. The second-order valence-corrected chi connectivity index (χ2v) is 5.16. The summed E-state index contributed by atoms with van der Waals surface area (Å²) < 4.78 is 5.23. The minimum Gasteiger partial charge on any atom is -0.472 e. The zero-order chi connectivity index (χ0) is 13.0. The molecule has 0 amide bonds. The number of nitrogens with zero attached hydrogens (tertiary/aromatic N) is 1. The molecule has 0 bridgehead atoms. The number of nitrogens with two attached hydrogens (primary N) is 1. The maximum absolute atomic E-state index is 5.85. The summed E-state index contributed by atoms with van der Waals surface area (Å²) in [5.74, 6) is 5.85. The molecule has 1 unspecified atom stereocenters. The van der Waals surface area contributed by atoms with Crippen molar-refractivity contribution in [2.24, 2.45) is 5.84 Å². The van der Waals surface area contributed by atoms with E-state index in [0.29, 0.717) is 0 Å². The van der Waals surface area contributed by atoms with Crippen molar-refractivity contribution in [3.63, 3.8) is 0 Å². The largest absolute Gasteiger partial charge is 0.472 e. The van der Waals surface area contributed by atoms with Gasteiger partial charge in [-0.15, -0.1) is 0 Å². The molecule has 1 aliphatic heterocycles. The van der Waals surface area contributed by atoms with Crippen LogP contribution in [0, 0.1) is 0 Å². The number of hydrogen-bond acceptors (Lipinski definition) is 4. The van der Waals surface area contributed by atoms with Gasteiger partial charge in [-0.2, -0.15) is 0 Å². The topological polar surface area (TPSA) is 54.4 Å². The fraction of sp³-hybridized carbons (Fsp3) is 0.714. The third kappa shape index (κ3) is 2.20. The Morgan fingerprint density at radius 3 is 2.50 bits per heavy atom. The maximum Gasteiger partial charge on any atom is 0.0951 e. The van der Waals surface area contributed by atoms with E-state index in [1.807, 2.05) is 6.07 Å². The Kier molecular flexibility index (Phi) is 4.43. The zero-order valence-corrected chi connectivity index (χ0v) is 11.5. The van der Waals surface area contributed by atoms with Gasteiger partial charge < -0.3 is 4.42 Å². The molecule has 0 saturated carbocycles. The summed E-state index contributed by atoms with van der Waals surface area (Å²) in [6.07, 6.45) is 8.29. The number of nitrogens with one attached hydrogen (secondary N) is 1. The van der Waals surface area contributed by atoms with Crippen LogP contribution in [0.4, 0.5) is 0 Å². The Morgan fingerprint density at radius 1 is 1.39 bits per heavy atom. The minimum atomic E-state index is 0.0924. The number of furan rings is 1. The Labute approximate surface area is 109 Å². The van der Waals surface area contributed by atoms with Crippen LogP contribution in [-0.4, -0.2) is 23.5 Å². The van der Waals surface area contributed by atoms with Gasteiger partial charge in [-0.3, -0.25) is 16.2 Å². The van der Waals surface area contributed by atoms with Crippen molar-refractivity contribution < 1.29 is 4.42 Å². The van der Waals surface area contributed by atoms with Crippen LogP contribution in [0.5, 0.6) is 0 Å². The summed E-state index contributed by atoms with van der Waals surface area (Å²) in [5.41, 5.74) is 4.26. The molecule has 1 atom stereocenters. The van der Waals surface area contributed by atoms with Crippen LogP contribution in [0.1, 0.15) is 51.1 Å². The van der Waals surface area contributed by atoms with E-state index < -0.39 is 0 Å². The van der Waals surface area contributed by atoms with Crippen molar-refractivity contribution in [1.82, 2.24) is 10.3 Å². The Morgan fingerprint density at radius 2 is 2.06 bits per heavy atom. The SMILES string of the molecule is CCC(CC)(C(NN)c1ccoc1)N1CCCC1. The number of rotatable bonds is 6. The summed E-state index contributed by atoms with van der Waals surface area (Å²) in [5, 5.41) is 0. The smallest absolute Gasteiger partial charge is 0.0951 e. The first-order valence-electron chi connectivity index (χ1n) is 7.01. The average Bonchev–Trinajstić information content (AvgIpc) is 3.08. The molecule has 1 aliphatic rings. The molecule has 0 radical (unpaired) electrons. The van der Waals surface area contributed by atoms with Gasteiger partial charge in [0.15, 0.2) is 0 Å². The van der Waals surface area contributed by atoms with Gasteiger partial charge in [0.25, 0.3) is 0 Å². The van der Waals surface area contributed by atoms with Crippen LogP contribution in [0.3, 0.4) is 0 Å². The van der Waals surface area contributed by atoms with E-state index in [1.165, 1.54) is 25.9 Å². The third-order valence-corrected chi connectivity index (χ3v) is 4.54. The first-order chi connectivity index (χ1) is 8.78. The normalized spacial score (nSPS) is 19.3. The van der Waals surface area contributed by atoms with E-state index in [2.05, 4.69) is 24.2 Å². The predicted octanol–water partition coefficient (Wildman–Crippen LogP) is 2.44. The van der Waals surface area contributed by atoms with E-state index in [0.717, 1.165) is 18.4 Å². The lowest BCUT2D eigenvalue weighted by molar-refractivity contribution is 0.0614. The van der Waals surface area contributed by atoms with Gasteiger partial charge in [-0.05, 0) is 44.8 Å². The van der Waals surface area contributed by atoms with Gasteiger partial charge in [0.2, 0.25) is 0 Å². The van der Waals surface area contributed by atoms with Crippen LogP contribution < -0.4 is 11.3 Å². The van der Waals surface area contributed by atoms with Crippen molar-refractivity contribution in [3.05, 3.63) is 24.2 Å². The fourth-order valence-corrected chi connectivity index (χ4v) is 3.45. The summed E-state index contributed by atoms with van der Waals surface area (Å²) in [7, 11) is 0. The van der Waals surface area contributed by atoms with Crippen molar-refractivity contribution in [3.8, 4) is 0 Å². The van der Waals surface area contributed by atoms with Crippen molar-refractivity contribution >= 4 is 0 Å². The van der Waals surface area contributed by atoms with Gasteiger partial charge in [-0.1, -0.05) is 13.8 Å². The quantitative estimate of drug-likeness (QED) is 0.602. The molecule has 0 spiro atoms. The van der Waals surface area contributed by atoms with Crippen LogP contribution in [0.25, 0.3) is 0 Å². The molecule has 1 aromatic heterocycles. The molecule has 1 saturated heterocycles. The van der Waals surface area contributed by atoms with E-state index in [1.54, 1.807) is 12.5 Å². The second-order valence-electron chi connectivity index (χ2n) is 5.16. The van der Waals surface area contributed by atoms with Crippen LogP contribution in [-0.2, 0) is 0 Å². The third-order valence-electron chi connectivity index (χ3n) is 4.54. The molecule has 18 heavy (non-hydrogen) atoms. The molecule has 0 aromatic carbocycles. The first-order valence-corrected chi connectivity index (χ1v) is 7.01. The van der Waals surface area contributed by atoms with E-state index in [4.69, 9.17) is 10.3 Å². The summed E-state index contributed by atoms with van der Waals surface area (Å²) in [6.45, 7) is 6.87. The highest BCUT2D eigenvalue weighted by Crippen LogP contribution is 2.39. The standard InChI is InChI=1S/C14H25N3O/c1-3-14(4-2,17-8-5-6-9-17)13(16-15)12-7-10-18-11-12/h7,10-11,13,16H,3-6,8-9,15H2,1-2H3. The van der Waals surface area contributed by atoms with Crippen molar-refractivity contribution in [2.45, 2.75) is 51.1 Å². The lowest BCUT2D eigenvalue weighted by Crippen LogP contribution is -2.56. The number of hydrazine groups is 1. The molecule has 4 heteroatoms. The Hall–Kier alpha value is -0.840. The van der Waals surface area contributed by atoms with E-state index in [-0.39, 0.29) is 11.6 Å². The summed E-state index contributed by atoms with van der Waals surface area (Å²) >= 11 is 0.